The molecule has 84 valence electrons. The van der Waals surface area contributed by atoms with Gasteiger partial charge in [0, 0.05) is 17.5 Å². The lowest BCUT2D eigenvalue weighted by Crippen LogP contribution is -2.02. The molecule has 1 aromatic rings. The van der Waals surface area contributed by atoms with Gasteiger partial charge in [-0.25, -0.2) is 0 Å². The van der Waals surface area contributed by atoms with Gasteiger partial charge in [0.05, 0.1) is 29.5 Å². The van der Waals surface area contributed by atoms with Gasteiger partial charge in [0.15, 0.2) is 0 Å². The summed E-state index contributed by atoms with van der Waals surface area (Å²) in [5.74, 6) is 0.795. The number of anilines is 1. The van der Waals surface area contributed by atoms with Crippen LogP contribution in [0.5, 0.6) is 5.75 Å². The van der Waals surface area contributed by atoms with Crippen LogP contribution >= 0.6 is 0 Å². The van der Waals surface area contributed by atoms with Crippen molar-refractivity contribution in [3.05, 3.63) is 18.2 Å². The largest absolute Gasteiger partial charge is 0.495 e. The molecule has 1 rings (SSSR count). The standard InChI is InChI=1S/C10H14FNO2S/c1-14-9-7-8(12)3-4-10(9)15(13)6-2-5-11/h3-4,7H,2,5-6,12H2,1H3. The van der Waals surface area contributed by atoms with Crippen LogP contribution in [-0.4, -0.2) is 23.7 Å². The molecule has 15 heavy (non-hydrogen) atoms. The van der Waals surface area contributed by atoms with Crippen LogP contribution in [0.25, 0.3) is 0 Å². The molecule has 1 atom stereocenters. The molecule has 5 heteroatoms. The number of alkyl halides is 1. The van der Waals surface area contributed by atoms with E-state index in [4.69, 9.17) is 10.5 Å². The number of halogens is 1. The minimum atomic E-state index is -1.22. The highest BCUT2D eigenvalue weighted by Crippen LogP contribution is 2.25. The fourth-order valence-electron chi connectivity index (χ4n) is 1.17. The number of benzene rings is 1. The van der Waals surface area contributed by atoms with E-state index in [1.54, 1.807) is 18.2 Å². The second-order valence-electron chi connectivity index (χ2n) is 3.00. The molecule has 3 nitrogen and oxygen atoms in total. The molecule has 0 fully saturated rings. The molecule has 1 unspecified atom stereocenters. The number of nitrogen functional groups attached to an aromatic ring is 1. The fourth-order valence-corrected chi connectivity index (χ4v) is 2.35. The van der Waals surface area contributed by atoms with Crippen LogP contribution in [0.1, 0.15) is 6.42 Å². The first-order valence-corrected chi connectivity index (χ1v) is 5.88. The first-order chi connectivity index (χ1) is 7.19. The number of methoxy groups -OCH3 is 1. The van der Waals surface area contributed by atoms with E-state index >= 15 is 0 Å². The highest BCUT2D eigenvalue weighted by molar-refractivity contribution is 7.85. The molecule has 0 aliphatic heterocycles. The summed E-state index contributed by atoms with van der Waals surface area (Å²) in [4.78, 5) is 0.570. The van der Waals surface area contributed by atoms with Crippen LogP contribution in [0, 0.1) is 0 Å². The summed E-state index contributed by atoms with van der Waals surface area (Å²) in [6.45, 7) is -0.455. The molecule has 0 saturated carbocycles. The van der Waals surface area contributed by atoms with Gasteiger partial charge in [-0.2, -0.15) is 0 Å². The molecule has 0 aromatic heterocycles. The Hall–Kier alpha value is -1.10. The maximum Gasteiger partial charge on any atom is 0.137 e. The van der Waals surface area contributed by atoms with Crippen LogP contribution < -0.4 is 10.5 Å². The lowest BCUT2D eigenvalue weighted by atomic mass is 10.3. The molecule has 0 radical (unpaired) electrons. The Kier molecular flexibility index (Phi) is 4.55. The number of hydrogen-bond donors (Lipinski definition) is 1. The lowest BCUT2D eigenvalue weighted by Gasteiger charge is -2.08. The van der Waals surface area contributed by atoms with Crippen molar-refractivity contribution < 1.29 is 13.3 Å². The minimum absolute atomic E-state index is 0.292. The number of nitrogens with two attached hydrogens (primary N) is 1. The number of hydrogen-bond acceptors (Lipinski definition) is 3. The van der Waals surface area contributed by atoms with Crippen molar-refractivity contribution >= 4 is 16.5 Å². The minimum Gasteiger partial charge on any atom is -0.495 e. The maximum absolute atomic E-state index is 11.9. The van der Waals surface area contributed by atoms with Crippen molar-refractivity contribution in [3.8, 4) is 5.75 Å². The van der Waals surface area contributed by atoms with Crippen molar-refractivity contribution in [2.24, 2.45) is 0 Å². The molecule has 0 heterocycles. The third-order valence-corrected chi connectivity index (χ3v) is 3.38. The summed E-state index contributed by atoms with van der Waals surface area (Å²) in [5.41, 5.74) is 6.12. The quantitative estimate of drug-likeness (QED) is 0.785. The zero-order valence-electron chi connectivity index (χ0n) is 8.53. The fraction of sp³-hybridized carbons (Fsp3) is 0.400. The van der Waals surface area contributed by atoms with Crippen molar-refractivity contribution in [1.29, 1.82) is 0 Å². The zero-order chi connectivity index (χ0) is 11.3. The summed E-state index contributed by atoms with van der Waals surface area (Å²) in [7, 11) is 0.267. The Morgan fingerprint density at radius 3 is 2.87 bits per heavy atom. The summed E-state index contributed by atoms with van der Waals surface area (Å²) in [5, 5.41) is 0. The Bertz CT molecular complexity index is 357. The zero-order valence-corrected chi connectivity index (χ0v) is 9.35. The first kappa shape index (κ1) is 12.0. The Morgan fingerprint density at radius 1 is 1.53 bits per heavy atom. The summed E-state index contributed by atoms with van der Waals surface area (Å²) in [6, 6.07) is 4.93. The predicted molar refractivity (Wildman–Crippen MR) is 59.3 cm³/mol. The van der Waals surface area contributed by atoms with Gasteiger partial charge in [-0.1, -0.05) is 0 Å². The Labute approximate surface area is 90.9 Å². The van der Waals surface area contributed by atoms with Crippen LogP contribution in [0.4, 0.5) is 10.1 Å². The average molecular weight is 231 g/mol. The average Bonchev–Trinajstić information content (AvgIpc) is 2.25. The molecule has 0 saturated heterocycles. The van der Waals surface area contributed by atoms with Gasteiger partial charge >= 0.3 is 0 Å². The smallest absolute Gasteiger partial charge is 0.137 e. The molecule has 1 aromatic carbocycles. The van der Waals surface area contributed by atoms with Gasteiger partial charge in [-0.05, 0) is 18.6 Å². The van der Waals surface area contributed by atoms with Crippen molar-refractivity contribution in [1.82, 2.24) is 0 Å². The van der Waals surface area contributed by atoms with E-state index in [-0.39, 0.29) is 0 Å². The van der Waals surface area contributed by atoms with Gasteiger partial charge in [0.1, 0.15) is 5.75 Å². The van der Waals surface area contributed by atoms with Gasteiger partial charge < -0.3 is 10.5 Å². The van der Waals surface area contributed by atoms with Gasteiger partial charge in [-0.3, -0.25) is 8.60 Å². The maximum atomic E-state index is 11.9. The molecule has 0 amide bonds. The van der Waals surface area contributed by atoms with E-state index in [9.17, 15) is 8.60 Å². The van der Waals surface area contributed by atoms with E-state index in [2.05, 4.69) is 0 Å². The van der Waals surface area contributed by atoms with Gasteiger partial charge in [0.2, 0.25) is 0 Å². The summed E-state index contributed by atoms with van der Waals surface area (Å²) >= 11 is 0. The van der Waals surface area contributed by atoms with Crippen molar-refractivity contribution in [2.75, 3.05) is 25.3 Å². The second kappa shape index (κ2) is 5.70. The second-order valence-corrected chi connectivity index (χ2v) is 4.54. The highest BCUT2D eigenvalue weighted by atomic mass is 32.2. The number of rotatable bonds is 5. The molecular formula is C10H14FNO2S. The topological polar surface area (TPSA) is 52.3 Å². The SMILES string of the molecule is COc1cc(N)ccc1S(=O)CCCF. The summed E-state index contributed by atoms with van der Waals surface area (Å²) in [6.07, 6.45) is 0.292. The van der Waals surface area contributed by atoms with Crippen LogP contribution in [0.15, 0.2) is 23.1 Å². The predicted octanol–water partition coefficient (Wildman–Crippen LogP) is 1.74. The van der Waals surface area contributed by atoms with Gasteiger partial charge in [0.25, 0.3) is 0 Å². The molecule has 0 aliphatic carbocycles. The van der Waals surface area contributed by atoms with E-state index in [1.165, 1.54) is 7.11 Å². The summed E-state index contributed by atoms with van der Waals surface area (Å²) < 4.78 is 28.7. The van der Waals surface area contributed by atoms with E-state index in [1.807, 2.05) is 0 Å². The third-order valence-electron chi connectivity index (χ3n) is 1.90. The Morgan fingerprint density at radius 2 is 2.27 bits per heavy atom. The van der Waals surface area contributed by atoms with E-state index in [0.29, 0.717) is 28.5 Å². The Balaban J connectivity index is 2.87. The molecule has 0 bridgehead atoms. The molecule has 2 N–H and O–H groups in total. The number of ether oxygens (including phenoxy) is 1. The van der Waals surface area contributed by atoms with Crippen molar-refractivity contribution in [3.63, 3.8) is 0 Å². The van der Waals surface area contributed by atoms with E-state index < -0.39 is 17.5 Å². The van der Waals surface area contributed by atoms with Crippen LogP contribution in [-0.2, 0) is 10.8 Å². The van der Waals surface area contributed by atoms with Crippen molar-refractivity contribution in [2.45, 2.75) is 11.3 Å². The van der Waals surface area contributed by atoms with Crippen LogP contribution in [0.2, 0.25) is 0 Å². The third kappa shape index (κ3) is 3.20. The molecule has 0 spiro atoms. The molecular weight excluding hydrogens is 217 g/mol. The molecule has 0 aliphatic rings. The first-order valence-electron chi connectivity index (χ1n) is 4.57. The van der Waals surface area contributed by atoms with Gasteiger partial charge in [-0.15, -0.1) is 0 Å². The monoisotopic (exact) mass is 231 g/mol. The normalized spacial score (nSPS) is 12.4. The highest BCUT2D eigenvalue weighted by Gasteiger charge is 2.10. The van der Waals surface area contributed by atoms with E-state index in [0.717, 1.165) is 0 Å². The van der Waals surface area contributed by atoms with Crippen LogP contribution in [0.3, 0.4) is 0 Å². The lowest BCUT2D eigenvalue weighted by molar-refractivity contribution is 0.404.